The van der Waals surface area contributed by atoms with Crippen molar-refractivity contribution in [2.75, 3.05) is 31.5 Å². The third kappa shape index (κ3) is 6.44. The van der Waals surface area contributed by atoms with Crippen LogP contribution in [0.1, 0.15) is 45.0 Å². The molecule has 9 nitrogen and oxygen atoms in total. The smallest absolute Gasteiger partial charge is 0.407 e. The largest absolute Gasteiger partial charge is 0.444 e. The lowest BCUT2D eigenvalue weighted by atomic mass is 10.1. The fourth-order valence-corrected chi connectivity index (χ4v) is 4.21. The molecule has 1 aromatic carbocycles. The maximum Gasteiger partial charge on any atom is 0.407 e. The van der Waals surface area contributed by atoms with Crippen LogP contribution >= 0.6 is 0 Å². The van der Waals surface area contributed by atoms with E-state index in [0.717, 1.165) is 60.8 Å². The average Bonchev–Trinajstić information content (AvgIpc) is 3.11. The van der Waals surface area contributed by atoms with Crippen molar-refractivity contribution in [1.82, 2.24) is 29.7 Å². The van der Waals surface area contributed by atoms with Gasteiger partial charge in [0, 0.05) is 38.4 Å². The summed E-state index contributed by atoms with van der Waals surface area (Å²) in [5.41, 5.74) is 3.40. The average molecular weight is 466 g/mol. The number of aromatic nitrogens is 4. The maximum absolute atomic E-state index is 11.8. The van der Waals surface area contributed by atoms with Gasteiger partial charge in [0.15, 0.2) is 0 Å². The Kier molecular flexibility index (Phi) is 7.31. The van der Waals surface area contributed by atoms with Crippen molar-refractivity contribution in [3.8, 4) is 0 Å². The minimum Gasteiger partial charge on any atom is -0.444 e. The first kappa shape index (κ1) is 23.9. The van der Waals surface area contributed by atoms with Crippen molar-refractivity contribution in [3.05, 3.63) is 48.0 Å². The van der Waals surface area contributed by atoms with E-state index in [1.807, 2.05) is 52.1 Å². The Labute approximate surface area is 200 Å². The molecule has 1 aliphatic heterocycles. The van der Waals surface area contributed by atoms with E-state index in [1.54, 1.807) is 6.20 Å². The Morgan fingerprint density at radius 1 is 1.15 bits per heavy atom. The number of alkyl carbamates (subject to hydrolysis) is 1. The molecule has 0 radical (unpaired) electrons. The lowest BCUT2D eigenvalue weighted by molar-refractivity contribution is 0.0520. The number of ether oxygens (including phenoxy) is 1. The zero-order valence-electron chi connectivity index (χ0n) is 20.5. The molecular formula is C25H35N7O2. The molecule has 3 heterocycles. The van der Waals surface area contributed by atoms with Gasteiger partial charge in [0.2, 0.25) is 5.95 Å². The molecule has 182 valence electrons. The first-order valence-electron chi connectivity index (χ1n) is 12.0. The molecule has 1 fully saturated rings. The van der Waals surface area contributed by atoms with E-state index in [-0.39, 0.29) is 6.09 Å². The van der Waals surface area contributed by atoms with Crippen LogP contribution in [-0.4, -0.2) is 68.3 Å². The molecule has 9 heteroatoms. The summed E-state index contributed by atoms with van der Waals surface area (Å²) in [6.45, 7) is 11.5. The van der Waals surface area contributed by atoms with E-state index in [2.05, 4.69) is 36.1 Å². The number of nitrogens with zero attached hydrogens (tertiary/aromatic N) is 5. The summed E-state index contributed by atoms with van der Waals surface area (Å²) in [5, 5.41) is 6.53. The minimum atomic E-state index is -0.476. The van der Waals surface area contributed by atoms with E-state index < -0.39 is 5.60 Å². The predicted molar refractivity (Wildman–Crippen MR) is 133 cm³/mol. The Morgan fingerprint density at radius 3 is 2.65 bits per heavy atom. The third-order valence-corrected chi connectivity index (χ3v) is 5.80. The summed E-state index contributed by atoms with van der Waals surface area (Å²) in [5.74, 6) is 0.870. The van der Waals surface area contributed by atoms with Crippen LogP contribution in [-0.2, 0) is 11.3 Å². The number of hydrogen-bond acceptors (Lipinski definition) is 7. The van der Waals surface area contributed by atoms with Crippen LogP contribution in [0, 0.1) is 6.92 Å². The molecule has 1 saturated heterocycles. The molecule has 0 unspecified atom stereocenters. The number of hydrogen-bond donors (Lipinski definition) is 2. The van der Waals surface area contributed by atoms with E-state index in [9.17, 15) is 4.79 Å². The Hall–Kier alpha value is -3.20. The molecule has 34 heavy (non-hydrogen) atoms. The number of likely N-dealkylation sites (tertiary alicyclic amines) is 1. The van der Waals surface area contributed by atoms with Crippen LogP contribution in [0.4, 0.5) is 10.7 Å². The van der Waals surface area contributed by atoms with Gasteiger partial charge in [-0.05, 0) is 52.7 Å². The second-order valence-electron chi connectivity index (χ2n) is 9.85. The number of piperidine rings is 1. The third-order valence-electron chi connectivity index (χ3n) is 5.80. The van der Waals surface area contributed by atoms with Gasteiger partial charge in [0.25, 0.3) is 0 Å². The Bertz CT molecular complexity index is 1110. The Balaban J connectivity index is 1.33. The molecule has 0 atom stereocenters. The minimum absolute atomic E-state index is 0.342. The van der Waals surface area contributed by atoms with Crippen molar-refractivity contribution < 1.29 is 9.53 Å². The zero-order valence-corrected chi connectivity index (χ0v) is 20.5. The number of amides is 1. The highest BCUT2D eigenvalue weighted by atomic mass is 16.6. The molecule has 3 aromatic rings. The number of para-hydroxylation sites is 2. The highest BCUT2D eigenvalue weighted by molar-refractivity contribution is 5.78. The van der Waals surface area contributed by atoms with Crippen molar-refractivity contribution in [3.63, 3.8) is 0 Å². The van der Waals surface area contributed by atoms with Gasteiger partial charge in [-0.1, -0.05) is 12.1 Å². The number of carbonyl (C=O) groups excluding carboxylic acids is 1. The van der Waals surface area contributed by atoms with Gasteiger partial charge in [0.05, 0.1) is 35.2 Å². The number of anilines is 1. The number of benzene rings is 1. The molecule has 0 aliphatic carbocycles. The molecule has 2 N–H and O–H groups in total. The van der Waals surface area contributed by atoms with Gasteiger partial charge < -0.3 is 24.8 Å². The molecule has 0 bridgehead atoms. The van der Waals surface area contributed by atoms with Crippen LogP contribution in [0.2, 0.25) is 0 Å². The van der Waals surface area contributed by atoms with Gasteiger partial charge in [-0.3, -0.25) is 9.97 Å². The van der Waals surface area contributed by atoms with Crippen LogP contribution < -0.4 is 10.6 Å². The highest BCUT2D eigenvalue weighted by Crippen LogP contribution is 2.23. The lowest BCUT2D eigenvalue weighted by Crippen LogP contribution is -2.43. The maximum atomic E-state index is 11.8. The van der Waals surface area contributed by atoms with Crippen LogP contribution in [0.25, 0.3) is 11.0 Å². The van der Waals surface area contributed by atoms with E-state index >= 15 is 0 Å². The summed E-state index contributed by atoms with van der Waals surface area (Å²) >= 11 is 0. The van der Waals surface area contributed by atoms with Crippen LogP contribution in [0.5, 0.6) is 0 Å². The molecule has 4 rings (SSSR count). The fourth-order valence-electron chi connectivity index (χ4n) is 4.21. The number of fused-ring (bicyclic) bond motifs is 1. The quantitative estimate of drug-likeness (QED) is 0.550. The Morgan fingerprint density at radius 2 is 1.91 bits per heavy atom. The molecular weight excluding hydrogens is 430 g/mol. The van der Waals surface area contributed by atoms with Gasteiger partial charge in [0.1, 0.15) is 5.60 Å². The lowest BCUT2D eigenvalue weighted by Gasteiger charge is -2.32. The first-order chi connectivity index (χ1) is 16.3. The summed E-state index contributed by atoms with van der Waals surface area (Å²) < 4.78 is 7.49. The monoisotopic (exact) mass is 465 g/mol. The summed E-state index contributed by atoms with van der Waals surface area (Å²) in [6.07, 6.45) is 5.25. The number of aryl methyl sites for hydroxylation is 1. The van der Waals surface area contributed by atoms with E-state index in [0.29, 0.717) is 19.1 Å². The normalized spacial score (nSPS) is 15.4. The van der Waals surface area contributed by atoms with Crippen molar-refractivity contribution in [2.24, 2.45) is 0 Å². The van der Waals surface area contributed by atoms with Crippen molar-refractivity contribution in [1.29, 1.82) is 0 Å². The molecule has 1 aliphatic rings. The highest BCUT2D eigenvalue weighted by Gasteiger charge is 2.22. The molecule has 2 aromatic heterocycles. The van der Waals surface area contributed by atoms with Crippen molar-refractivity contribution in [2.45, 2.75) is 58.7 Å². The fraction of sp³-hybridized carbons (Fsp3) is 0.520. The summed E-state index contributed by atoms with van der Waals surface area (Å²) in [6, 6.07) is 8.53. The van der Waals surface area contributed by atoms with Gasteiger partial charge in [-0.2, -0.15) is 0 Å². The predicted octanol–water partition coefficient (Wildman–Crippen LogP) is 3.58. The zero-order chi connectivity index (χ0) is 24.1. The number of carbonyl (C=O) groups is 1. The number of imidazole rings is 1. The topological polar surface area (TPSA) is 97.2 Å². The molecule has 0 spiro atoms. The van der Waals surface area contributed by atoms with Gasteiger partial charge in [-0.25, -0.2) is 9.78 Å². The molecule has 0 saturated carbocycles. The summed E-state index contributed by atoms with van der Waals surface area (Å²) in [4.78, 5) is 28.0. The number of nitrogens with one attached hydrogen (secondary N) is 2. The second-order valence-corrected chi connectivity index (χ2v) is 9.85. The number of rotatable bonds is 7. The van der Waals surface area contributed by atoms with Gasteiger partial charge in [-0.15, -0.1) is 0 Å². The van der Waals surface area contributed by atoms with Crippen LogP contribution in [0.3, 0.4) is 0 Å². The van der Waals surface area contributed by atoms with E-state index in [4.69, 9.17) is 9.72 Å². The standard InChI is InChI=1S/C25H35N7O2/c1-18-15-26-16-20(28-18)17-32-22-8-6-5-7-21(22)30-23(32)29-19-9-12-31(13-10-19)14-11-27-24(33)34-25(2,3)4/h5-8,15-16,19H,9-14,17H2,1-4H3,(H,27,33)(H,29,30). The SMILES string of the molecule is Cc1cncc(Cn2c(NC3CCN(CCNC(=O)OC(C)(C)C)CC3)nc3ccccc32)n1. The van der Waals surface area contributed by atoms with E-state index in [1.165, 1.54) is 0 Å². The molecule has 1 amide bonds. The van der Waals surface area contributed by atoms with Crippen LogP contribution in [0.15, 0.2) is 36.7 Å². The second kappa shape index (κ2) is 10.4. The van der Waals surface area contributed by atoms with Gasteiger partial charge >= 0.3 is 6.09 Å². The first-order valence-corrected chi connectivity index (χ1v) is 12.0. The summed E-state index contributed by atoms with van der Waals surface area (Å²) in [7, 11) is 0. The van der Waals surface area contributed by atoms with Crippen molar-refractivity contribution >= 4 is 23.1 Å².